The predicted octanol–water partition coefficient (Wildman–Crippen LogP) is 1.76. The molecule has 7 nitrogen and oxygen atoms in total. The number of ether oxygens (including phenoxy) is 1. The number of carbonyl (C=O) groups excluding carboxylic acids is 1. The zero-order chi connectivity index (χ0) is 18.1. The maximum Gasteiger partial charge on any atom is 0.222 e. The molecule has 1 aromatic heterocycles. The monoisotopic (exact) mass is 359 g/mol. The van der Waals surface area contributed by atoms with E-state index in [1.165, 1.54) is 0 Å². The average molecular weight is 359 g/mol. The summed E-state index contributed by atoms with van der Waals surface area (Å²) in [4.78, 5) is 25.3. The van der Waals surface area contributed by atoms with Crippen molar-refractivity contribution >= 4 is 17.7 Å². The van der Waals surface area contributed by atoms with Gasteiger partial charge in [-0.3, -0.25) is 4.79 Å². The molecular weight excluding hydrogens is 330 g/mol. The van der Waals surface area contributed by atoms with E-state index in [1.807, 2.05) is 13.0 Å². The van der Waals surface area contributed by atoms with Gasteiger partial charge < -0.3 is 20.3 Å². The Morgan fingerprint density at radius 1 is 1.31 bits per heavy atom. The largest absolute Gasteiger partial charge is 0.376 e. The van der Waals surface area contributed by atoms with E-state index < -0.39 is 0 Å². The summed E-state index contributed by atoms with van der Waals surface area (Å²) >= 11 is 0. The summed E-state index contributed by atoms with van der Waals surface area (Å²) in [5, 5.41) is 0. The maximum atomic E-state index is 12.4. The van der Waals surface area contributed by atoms with Crippen molar-refractivity contribution in [1.29, 1.82) is 0 Å². The quantitative estimate of drug-likeness (QED) is 0.885. The van der Waals surface area contributed by atoms with E-state index in [0.29, 0.717) is 18.3 Å². The number of hydrogen-bond donors (Lipinski definition) is 1. The normalized spacial score (nSPS) is 25.9. The molecule has 0 aliphatic carbocycles. The van der Waals surface area contributed by atoms with Crippen LogP contribution in [-0.4, -0.2) is 59.7 Å². The Morgan fingerprint density at radius 2 is 2.12 bits per heavy atom. The number of hydrogen-bond acceptors (Lipinski definition) is 6. The van der Waals surface area contributed by atoms with Crippen molar-refractivity contribution in [3.63, 3.8) is 0 Å². The number of anilines is 2. The number of nitrogen functional groups attached to an aromatic ring is 1. The van der Waals surface area contributed by atoms with Crippen molar-refractivity contribution in [3.8, 4) is 0 Å². The molecule has 0 aromatic carbocycles. The maximum absolute atomic E-state index is 12.4. The van der Waals surface area contributed by atoms with Crippen LogP contribution in [0.3, 0.4) is 0 Å². The van der Waals surface area contributed by atoms with Gasteiger partial charge in [0.2, 0.25) is 11.9 Å². The summed E-state index contributed by atoms with van der Waals surface area (Å²) in [5.74, 6) is 1.56. The van der Waals surface area contributed by atoms with Gasteiger partial charge in [-0.05, 0) is 44.4 Å². The van der Waals surface area contributed by atoms with Gasteiger partial charge in [0.05, 0.1) is 6.10 Å². The van der Waals surface area contributed by atoms with Gasteiger partial charge in [0.1, 0.15) is 5.82 Å². The third-order valence-corrected chi connectivity index (χ3v) is 6.20. The molecule has 3 saturated heterocycles. The summed E-state index contributed by atoms with van der Waals surface area (Å²) in [6.45, 7) is 6.35. The molecule has 1 spiro atoms. The Bertz CT molecular complexity index is 646. The lowest BCUT2D eigenvalue weighted by molar-refractivity contribution is -0.140. The Kier molecular flexibility index (Phi) is 4.73. The summed E-state index contributed by atoms with van der Waals surface area (Å²) in [6.07, 6.45) is 6.30. The highest BCUT2D eigenvalue weighted by Crippen LogP contribution is 2.41. The summed E-state index contributed by atoms with van der Waals surface area (Å²) in [7, 11) is 0. The second-order valence-corrected chi connectivity index (χ2v) is 8.12. The van der Waals surface area contributed by atoms with Crippen molar-refractivity contribution in [1.82, 2.24) is 14.9 Å². The first-order chi connectivity index (χ1) is 12.5. The molecule has 2 N–H and O–H groups in total. The van der Waals surface area contributed by atoms with E-state index in [4.69, 9.17) is 10.5 Å². The molecule has 3 aliphatic rings. The first kappa shape index (κ1) is 17.5. The molecule has 0 unspecified atom stereocenters. The third kappa shape index (κ3) is 3.63. The second-order valence-electron chi connectivity index (χ2n) is 8.12. The van der Waals surface area contributed by atoms with Crippen LogP contribution in [0, 0.1) is 12.3 Å². The molecule has 4 rings (SSSR count). The molecule has 0 radical (unpaired) electrons. The Morgan fingerprint density at radius 3 is 2.81 bits per heavy atom. The van der Waals surface area contributed by atoms with E-state index in [1.54, 1.807) is 0 Å². The van der Waals surface area contributed by atoms with Gasteiger partial charge in [-0.25, -0.2) is 4.98 Å². The molecule has 0 bridgehead atoms. The van der Waals surface area contributed by atoms with Gasteiger partial charge in [-0.2, -0.15) is 4.98 Å². The zero-order valence-corrected chi connectivity index (χ0v) is 15.6. The van der Waals surface area contributed by atoms with Crippen LogP contribution in [0.2, 0.25) is 0 Å². The minimum atomic E-state index is 0.237. The number of nitrogens with two attached hydrogens (primary N) is 1. The van der Waals surface area contributed by atoms with E-state index in [9.17, 15) is 4.79 Å². The molecular formula is C19H29N5O2. The SMILES string of the molecule is Cc1cc(N2CCC3(CCC(=O)N(C[C@H]4CCCO4)C3)CC2)nc(N)n1. The zero-order valence-electron chi connectivity index (χ0n) is 15.6. The van der Waals surface area contributed by atoms with E-state index in [2.05, 4.69) is 19.8 Å². The van der Waals surface area contributed by atoms with Crippen molar-refractivity contribution in [2.24, 2.45) is 5.41 Å². The fourth-order valence-corrected chi connectivity index (χ4v) is 4.66. The van der Waals surface area contributed by atoms with E-state index >= 15 is 0 Å². The van der Waals surface area contributed by atoms with Crippen LogP contribution in [0.5, 0.6) is 0 Å². The number of piperidine rings is 2. The summed E-state index contributed by atoms with van der Waals surface area (Å²) < 4.78 is 5.75. The van der Waals surface area contributed by atoms with Gasteiger partial charge in [0, 0.05) is 51.0 Å². The number of aryl methyl sites for hydroxylation is 1. The van der Waals surface area contributed by atoms with Crippen molar-refractivity contribution < 1.29 is 9.53 Å². The molecule has 3 aliphatic heterocycles. The first-order valence-electron chi connectivity index (χ1n) is 9.79. The Hall–Kier alpha value is -1.89. The smallest absolute Gasteiger partial charge is 0.222 e. The Balaban J connectivity index is 1.39. The minimum absolute atomic E-state index is 0.237. The van der Waals surface area contributed by atoms with Gasteiger partial charge in [-0.15, -0.1) is 0 Å². The van der Waals surface area contributed by atoms with Gasteiger partial charge >= 0.3 is 0 Å². The molecule has 1 aromatic rings. The number of aromatic nitrogens is 2. The molecule has 4 heterocycles. The predicted molar refractivity (Wildman–Crippen MR) is 99.8 cm³/mol. The number of nitrogens with zero attached hydrogens (tertiary/aromatic N) is 4. The molecule has 7 heteroatoms. The van der Waals surface area contributed by atoms with Crippen LogP contribution in [0.4, 0.5) is 11.8 Å². The third-order valence-electron chi connectivity index (χ3n) is 6.20. The number of rotatable bonds is 3. The van der Waals surface area contributed by atoms with Crippen LogP contribution in [0.1, 0.15) is 44.2 Å². The summed E-state index contributed by atoms with van der Waals surface area (Å²) in [5.41, 5.74) is 6.96. The van der Waals surface area contributed by atoms with E-state index in [-0.39, 0.29) is 11.5 Å². The highest BCUT2D eigenvalue weighted by atomic mass is 16.5. The topological polar surface area (TPSA) is 84.6 Å². The van der Waals surface area contributed by atoms with Crippen LogP contribution >= 0.6 is 0 Å². The van der Waals surface area contributed by atoms with Gasteiger partial charge in [0.25, 0.3) is 0 Å². The minimum Gasteiger partial charge on any atom is -0.376 e. The molecule has 1 atom stereocenters. The number of carbonyl (C=O) groups is 1. The molecule has 26 heavy (non-hydrogen) atoms. The van der Waals surface area contributed by atoms with Crippen LogP contribution in [0.15, 0.2) is 6.07 Å². The van der Waals surface area contributed by atoms with Crippen molar-refractivity contribution in [2.75, 3.05) is 43.4 Å². The lowest BCUT2D eigenvalue weighted by Crippen LogP contribution is -2.53. The summed E-state index contributed by atoms with van der Waals surface area (Å²) in [6, 6.07) is 2.00. The van der Waals surface area contributed by atoms with Crippen LogP contribution in [-0.2, 0) is 9.53 Å². The lowest BCUT2D eigenvalue weighted by Gasteiger charge is -2.48. The van der Waals surface area contributed by atoms with Crippen LogP contribution < -0.4 is 10.6 Å². The molecule has 1 amide bonds. The molecule has 0 saturated carbocycles. The standard InChI is InChI=1S/C19H29N5O2/c1-14-11-16(22-18(20)21-14)23-8-6-19(7-9-23)5-4-17(25)24(13-19)12-15-3-2-10-26-15/h11,15H,2-10,12-13H2,1H3,(H2,20,21,22)/t15-/m1/s1. The fourth-order valence-electron chi connectivity index (χ4n) is 4.66. The highest BCUT2D eigenvalue weighted by molar-refractivity contribution is 5.77. The van der Waals surface area contributed by atoms with Crippen LogP contribution in [0.25, 0.3) is 0 Å². The van der Waals surface area contributed by atoms with Gasteiger partial charge in [0.15, 0.2) is 0 Å². The highest BCUT2D eigenvalue weighted by Gasteiger charge is 2.41. The average Bonchev–Trinajstić information content (AvgIpc) is 3.11. The lowest BCUT2D eigenvalue weighted by atomic mass is 9.72. The molecule has 3 fully saturated rings. The fraction of sp³-hybridized carbons (Fsp3) is 0.737. The molecule has 142 valence electrons. The first-order valence-corrected chi connectivity index (χ1v) is 9.79. The second kappa shape index (κ2) is 7.02. The van der Waals surface area contributed by atoms with Crippen molar-refractivity contribution in [3.05, 3.63) is 11.8 Å². The number of likely N-dealkylation sites (tertiary alicyclic amines) is 1. The van der Waals surface area contributed by atoms with Gasteiger partial charge in [-0.1, -0.05) is 0 Å². The number of amides is 1. The Labute approximate surface area is 154 Å². The van der Waals surface area contributed by atoms with Crippen molar-refractivity contribution in [2.45, 2.75) is 51.6 Å². The van der Waals surface area contributed by atoms with E-state index in [0.717, 1.165) is 76.4 Å².